The number of aryl methyl sites for hydroxylation is 1. The summed E-state index contributed by atoms with van der Waals surface area (Å²) in [5.74, 6) is -0.618. The van der Waals surface area contributed by atoms with Crippen molar-refractivity contribution in [2.45, 2.75) is 24.8 Å². The first kappa shape index (κ1) is 26.8. The lowest BCUT2D eigenvalue weighted by atomic mass is 10.1. The van der Waals surface area contributed by atoms with Crippen molar-refractivity contribution in [2.24, 2.45) is 0 Å². The molecule has 1 unspecified atom stereocenters. The van der Waals surface area contributed by atoms with Crippen LogP contribution in [-0.4, -0.2) is 24.2 Å². The van der Waals surface area contributed by atoms with Crippen LogP contribution in [0.5, 0.6) is 5.75 Å². The Hall–Kier alpha value is -4.23. The number of carbonyl (C=O) groups is 2. The molecule has 0 radical (unpaired) electrons. The molecular formula is C28H22F3N3O3S. The van der Waals surface area contributed by atoms with Crippen LogP contribution in [0.4, 0.5) is 24.5 Å². The smallest absolute Gasteiger partial charge is 0.416 e. The minimum atomic E-state index is -4.52. The number of thioether (sulfide) groups is 1. The molecule has 6 nitrogen and oxygen atoms in total. The van der Waals surface area contributed by atoms with E-state index in [-0.39, 0.29) is 17.0 Å². The van der Waals surface area contributed by atoms with Crippen LogP contribution < -0.4 is 15.0 Å². The van der Waals surface area contributed by atoms with E-state index in [1.54, 1.807) is 42.5 Å². The number of carbonyl (C=O) groups excluding carboxylic acids is 2. The standard InChI is InChI=1S/C28H22F3N3O3S/c1-17-5-3-8-20(13-17)33-25(35)23(16-32)27-34(21-9-11-22(37-2)12-10-21)26(36)24(38-27)15-18-6-4-7-19(14-18)28(29,30)31/h3-14,24H,15H2,1-2H3,(H,33,35)/b27-23-. The Morgan fingerprint density at radius 3 is 2.45 bits per heavy atom. The zero-order valence-electron chi connectivity index (χ0n) is 20.4. The fourth-order valence-corrected chi connectivity index (χ4v) is 5.27. The third-order valence-corrected chi connectivity index (χ3v) is 7.05. The lowest BCUT2D eigenvalue weighted by Crippen LogP contribution is -2.31. The van der Waals surface area contributed by atoms with Gasteiger partial charge in [0.2, 0.25) is 5.91 Å². The molecule has 4 rings (SSSR count). The van der Waals surface area contributed by atoms with Crippen LogP contribution in [0.1, 0.15) is 16.7 Å². The summed E-state index contributed by atoms with van der Waals surface area (Å²) in [6, 6.07) is 20.2. The molecule has 1 aliphatic rings. The van der Waals surface area contributed by atoms with Crippen LogP contribution in [0.15, 0.2) is 83.4 Å². The maximum atomic E-state index is 13.6. The lowest BCUT2D eigenvalue weighted by molar-refractivity contribution is -0.137. The van der Waals surface area contributed by atoms with Crippen molar-refractivity contribution in [1.29, 1.82) is 5.26 Å². The fraction of sp³-hybridized carbons (Fsp3) is 0.179. The maximum absolute atomic E-state index is 13.6. The Balaban J connectivity index is 1.73. The first-order valence-electron chi connectivity index (χ1n) is 11.4. The number of halogens is 3. The molecule has 0 aromatic heterocycles. The number of ether oxygens (including phenoxy) is 1. The largest absolute Gasteiger partial charge is 0.497 e. The van der Waals surface area contributed by atoms with E-state index in [2.05, 4.69) is 5.32 Å². The SMILES string of the molecule is COc1ccc(N2C(=O)C(Cc3cccc(C(F)(F)F)c3)S/C2=C(/C#N)C(=O)Nc2cccc(C)c2)cc1. The second-order valence-corrected chi connectivity index (χ2v) is 9.69. The Morgan fingerprint density at radius 2 is 1.82 bits per heavy atom. The summed E-state index contributed by atoms with van der Waals surface area (Å²) < 4.78 is 44.9. The highest BCUT2D eigenvalue weighted by Crippen LogP contribution is 2.42. The van der Waals surface area contributed by atoms with Gasteiger partial charge in [0.15, 0.2) is 0 Å². The van der Waals surface area contributed by atoms with Gasteiger partial charge in [-0.1, -0.05) is 42.1 Å². The molecule has 0 spiro atoms. The molecule has 38 heavy (non-hydrogen) atoms. The summed E-state index contributed by atoms with van der Waals surface area (Å²) >= 11 is 0.975. The van der Waals surface area contributed by atoms with E-state index in [0.717, 1.165) is 29.5 Å². The van der Waals surface area contributed by atoms with E-state index in [9.17, 15) is 28.0 Å². The number of anilines is 2. The monoisotopic (exact) mass is 537 g/mol. The van der Waals surface area contributed by atoms with Gasteiger partial charge < -0.3 is 10.1 Å². The molecule has 1 heterocycles. The Kier molecular flexibility index (Phi) is 7.78. The summed E-state index contributed by atoms with van der Waals surface area (Å²) in [7, 11) is 1.49. The van der Waals surface area contributed by atoms with Crippen LogP contribution in [0, 0.1) is 18.3 Å². The molecule has 194 valence electrons. The van der Waals surface area contributed by atoms with E-state index in [1.165, 1.54) is 24.1 Å². The second-order valence-electron chi connectivity index (χ2n) is 8.50. The summed E-state index contributed by atoms with van der Waals surface area (Å²) in [6.45, 7) is 1.86. The van der Waals surface area contributed by atoms with Gasteiger partial charge in [0.05, 0.1) is 17.9 Å². The van der Waals surface area contributed by atoms with Gasteiger partial charge in [0, 0.05) is 11.4 Å². The zero-order chi connectivity index (χ0) is 27.4. The molecule has 3 aromatic carbocycles. The number of benzene rings is 3. The topological polar surface area (TPSA) is 82.4 Å². The number of alkyl halides is 3. The maximum Gasteiger partial charge on any atom is 0.416 e. The highest BCUT2D eigenvalue weighted by Gasteiger charge is 2.41. The summed E-state index contributed by atoms with van der Waals surface area (Å²) in [5.41, 5.74) is 0.982. The number of nitriles is 1. The van der Waals surface area contributed by atoms with Crippen molar-refractivity contribution in [3.8, 4) is 11.8 Å². The van der Waals surface area contributed by atoms with E-state index < -0.39 is 28.8 Å². The van der Waals surface area contributed by atoms with E-state index >= 15 is 0 Å². The van der Waals surface area contributed by atoms with E-state index in [4.69, 9.17) is 4.74 Å². The van der Waals surface area contributed by atoms with Gasteiger partial charge in [-0.15, -0.1) is 0 Å². The van der Waals surface area contributed by atoms with Crippen LogP contribution in [0.2, 0.25) is 0 Å². The molecule has 1 N–H and O–H groups in total. The predicted molar refractivity (Wildman–Crippen MR) is 139 cm³/mol. The third-order valence-electron chi connectivity index (χ3n) is 5.79. The first-order valence-corrected chi connectivity index (χ1v) is 12.3. The average molecular weight is 538 g/mol. The molecule has 1 fully saturated rings. The van der Waals surface area contributed by atoms with Crippen molar-refractivity contribution in [3.63, 3.8) is 0 Å². The zero-order valence-corrected chi connectivity index (χ0v) is 21.2. The van der Waals surface area contributed by atoms with Crippen molar-refractivity contribution < 1.29 is 27.5 Å². The normalized spacial score (nSPS) is 16.7. The third kappa shape index (κ3) is 5.84. The average Bonchev–Trinajstić information content (AvgIpc) is 3.19. The fourth-order valence-electron chi connectivity index (χ4n) is 3.96. The molecule has 1 saturated heterocycles. The van der Waals surface area contributed by atoms with Crippen molar-refractivity contribution >= 4 is 35.0 Å². The van der Waals surface area contributed by atoms with Gasteiger partial charge in [0.1, 0.15) is 22.4 Å². The highest BCUT2D eigenvalue weighted by molar-refractivity contribution is 8.05. The number of methoxy groups -OCH3 is 1. The number of nitrogens with zero attached hydrogens (tertiary/aromatic N) is 2. The number of hydrogen-bond acceptors (Lipinski definition) is 5. The molecule has 10 heteroatoms. The van der Waals surface area contributed by atoms with E-state index in [1.807, 2.05) is 19.1 Å². The highest BCUT2D eigenvalue weighted by atomic mass is 32.2. The van der Waals surface area contributed by atoms with Crippen LogP contribution in [0.25, 0.3) is 0 Å². The summed E-state index contributed by atoms with van der Waals surface area (Å²) in [6.07, 6.45) is -4.55. The van der Waals surface area contributed by atoms with E-state index in [0.29, 0.717) is 22.7 Å². The Morgan fingerprint density at radius 1 is 1.11 bits per heavy atom. The van der Waals surface area contributed by atoms with Crippen LogP contribution >= 0.6 is 11.8 Å². The predicted octanol–water partition coefficient (Wildman–Crippen LogP) is 6.09. The number of nitrogens with one attached hydrogen (secondary N) is 1. The Labute approximate surface area is 221 Å². The summed E-state index contributed by atoms with van der Waals surface area (Å²) in [5, 5.41) is 11.9. The van der Waals surface area contributed by atoms with Gasteiger partial charge in [-0.2, -0.15) is 18.4 Å². The number of hydrogen-bond donors (Lipinski definition) is 1. The molecule has 0 aliphatic carbocycles. The lowest BCUT2D eigenvalue weighted by Gasteiger charge is -2.19. The Bertz CT molecular complexity index is 1450. The van der Waals surface area contributed by atoms with Gasteiger partial charge in [-0.25, -0.2) is 0 Å². The minimum absolute atomic E-state index is 0.0260. The number of rotatable bonds is 6. The number of amides is 2. The quantitative estimate of drug-likeness (QED) is 0.304. The molecular weight excluding hydrogens is 515 g/mol. The second kappa shape index (κ2) is 11.0. The minimum Gasteiger partial charge on any atom is -0.497 e. The molecule has 1 aliphatic heterocycles. The van der Waals surface area contributed by atoms with Crippen molar-refractivity contribution in [1.82, 2.24) is 0 Å². The molecule has 0 bridgehead atoms. The molecule has 3 aromatic rings. The summed E-state index contributed by atoms with van der Waals surface area (Å²) in [4.78, 5) is 28.0. The van der Waals surface area contributed by atoms with Gasteiger partial charge in [-0.05, 0) is 66.9 Å². The van der Waals surface area contributed by atoms with Gasteiger partial charge in [-0.3, -0.25) is 14.5 Å². The van der Waals surface area contributed by atoms with Crippen molar-refractivity contribution in [2.75, 3.05) is 17.3 Å². The molecule has 0 saturated carbocycles. The first-order chi connectivity index (χ1) is 18.1. The molecule has 1 atom stereocenters. The van der Waals surface area contributed by atoms with Crippen LogP contribution in [-0.2, 0) is 22.2 Å². The van der Waals surface area contributed by atoms with Gasteiger partial charge in [0.25, 0.3) is 5.91 Å². The van der Waals surface area contributed by atoms with Crippen molar-refractivity contribution in [3.05, 3.63) is 100 Å². The molecule has 2 amide bonds. The van der Waals surface area contributed by atoms with Gasteiger partial charge >= 0.3 is 6.18 Å². The van der Waals surface area contributed by atoms with Crippen LogP contribution in [0.3, 0.4) is 0 Å².